The Morgan fingerprint density at radius 1 is 1.22 bits per heavy atom. The molecule has 4 heteroatoms. The van der Waals surface area contributed by atoms with Gasteiger partial charge in [-0.15, -0.1) is 0 Å². The number of aliphatic hydroxyl groups excluding tert-OH is 2. The SMILES string of the molecule is Cc1ccc(CCC(=O)N2CC(O)C(O)C2)cc1. The van der Waals surface area contributed by atoms with Crippen LogP contribution in [0.3, 0.4) is 0 Å². The number of likely N-dealkylation sites (tertiary alicyclic amines) is 1. The van der Waals surface area contributed by atoms with E-state index in [2.05, 4.69) is 0 Å². The van der Waals surface area contributed by atoms with Crippen molar-refractivity contribution in [3.63, 3.8) is 0 Å². The summed E-state index contributed by atoms with van der Waals surface area (Å²) in [6.07, 6.45) is -0.480. The Kier molecular flexibility index (Phi) is 3.99. The summed E-state index contributed by atoms with van der Waals surface area (Å²) in [5, 5.41) is 18.8. The number of carbonyl (C=O) groups excluding carboxylic acids is 1. The molecule has 2 unspecified atom stereocenters. The van der Waals surface area contributed by atoms with E-state index in [0.29, 0.717) is 12.8 Å². The number of amides is 1. The van der Waals surface area contributed by atoms with Crippen molar-refractivity contribution in [1.29, 1.82) is 0 Å². The molecule has 1 heterocycles. The highest BCUT2D eigenvalue weighted by atomic mass is 16.3. The fourth-order valence-electron chi connectivity index (χ4n) is 2.14. The standard InChI is InChI=1S/C14H19NO3/c1-10-2-4-11(5-3-10)6-7-14(18)15-8-12(16)13(17)9-15/h2-5,12-13,16-17H,6-9H2,1H3. The summed E-state index contributed by atoms with van der Waals surface area (Å²) >= 11 is 0. The number of aliphatic hydroxyl groups is 2. The molecule has 4 nitrogen and oxygen atoms in total. The molecule has 0 saturated carbocycles. The van der Waals surface area contributed by atoms with E-state index in [1.54, 1.807) is 0 Å². The first kappa shape index (κ1) is 13.1. The Labute approximate surface area is 107 Å². The fraction of sp³-hybridized carbons (Fsp3) is 0.500. The van der Waals surface area contributed by atoms with Crippen molar-refractivity contribution in [2.45, 2.75) is 32.0 Å². The third-order valence-electron chi connectivity index (χ3n) is 3.36. The molecule has 0 spiro atoms. The summed E-state index contributed by atoms with van der Waals surface area (Å²) in [5.74, 6) is -0.00817. The Morgan fingerprint density at radius 2 is 1.78 bits per heavy atom. The van der Waals surface area contributed by atoms with E-state index in [-0.39, 0.29) is 19.0 Å². The van der Waals surface area contributed by atoms with Gasteiger partial charge in [0.2, 0.25) is 5.91 Å². The van der Waals surface area contributed by atoms with Crippen molar-refractivity contribution in [3.05, 3.63) is 35.4 Å². The van der Waals surface area contributed by atoms with Gasteiger partial charge in [-0.05, 0) is 18.9 Å². The van der Waals surface area contributed by atoms with Gasteiger partial charge in [-0.25, -0.2) is 0 Å². The molecule has 1 aliphatic heterocycles. The van der Waals surface area contributed by atoms with Crippen LogP contribution >= 0.6 is 0 Å². The van der Waals surface area contributed by atoms with Crippen LogP contribution in [-0.4, -0.2) is 46.3 Å². The minimum absolute atomic E-state index is 0.00817. The van der Waals surface area contributed by atoms with Crippen molar-refractivity contribution in [1.82, 2.24) is 4.90 Å². The first-order valence-corrected chi connectivity index (χ1v) is 6.25. The van der Waals surface area contributed by atoms with Crippen LogP contribution in [0.2, 0.25) is 0 Å². The van der Waals surface area contributed by atoms with Crippen molar-refractivity contribution >= 4 is 5.91 Å². The molecule has 1 aliphatic rings. The first-order valence-electron chi connectivity index (χ1n) is 6.25. The molecule has 2 N–H and O–H groups in total. The first-order chi connectivity index (χ1) is 8.56. The van der Waals surface area contributed by atoms with Gasteiger partial charge in [0.1, 0.15) is 0 Å². The Bertz CT molecular complexity index is 406. The zero-order chi connectivity index (χ0) is 13.1. The predicted octanol–water partition coefficient (Wildman–Crippen LogP) is 0.492. The van der Waals surface area contributed by atoms with E-state index in [9.17, 15) is 15.0 Å². The smallest absolute Gasteiger partial charge is 0.223 e. The lowest BCUT2D eigenvalue weighted by Crippen LogP contribution is -2.29. The minimum atomic E-state index is -0.798. The largest absolute Gasteiger partial charge is 0.388 e. The van der Waals surface area contributed by atoms with E-state index in [1.165, 1.54) is 10.5 Å². The molecule has 1 aromatic carbocycles. The molecule has 98 valence electrons. The summed E-state index contributed by atoms with van der Waals surface area (Å²) in [7, 11) is 0. The van der Waals surface area contributed by atoms with E-state index in [1.807, 2.05) is 31.2 Å². The molecule has 0 aromatic heterocycles. The molecular weight excluding hydrogens is 230 g/mol. The lowest BCUT2D eigenvalue weighted by Gasteiger charge is -2.15. The third kappa shape index (κ3) is 3.09. The number of nitrogens with zero attached hydrogens (tertiary/aromatic N) is 1. The van der Waals surface area contributed by atoms with Gasteiger partial charge in [0.05, 0.1) is 12.2 Å². The minimum Gasteiger partial charge on any atom is -0.388 e. The van der Waals surface area contributed by atoms with Gasteiger partial charge in [0.25, 0.3) is 0 Å². The highest BCUT2D eigenvalue weighted by Crippen LogP contribution is 2.13. The van der Waals surface area contributed by atoms with Crippen molar-refractivity contribution < 1.29 is 15.0 Å². The van der Waals surface area contributed by atoms with Crippen LogP contribution in [-0.2, 0) is 11.2 Å². The van der Waals surface area contributed by atoms with Crippen LogP contribution < -0.4 is 0 Å². The molecule has 1 saturated heterocycles. The van der Waals surface area contributed by atoms with Gasteiger partial charge in [0.15, 0.2) is 0 Å². The lowest BCUT2D eigenvalue weighted by atomic mass is 10.1. The van der Waals surface area contributed by atoms with E-state index >= 15 is 0 Å². The maximum Gasteiger partial charge on any atom is 0.223 e. The van der Waals surface area contributed by atoms with Crippen LogP contribution in [0.15, 0.2) is 24.3 Å². The van der Waals surface area contributed by atoms with E-state index < -0.39 is 12.2 Å². The molecule has 2 rings (SSSR count). The molecule has 2 atom stereocenters. The summed E-state index contributed by atoms with van der Waals surface area (Å²) in [5.41, 5.74) is 2.34. The average molecular weight is 249 g/mol. The molecule has 0 aliphatic carbocycles. The van der Waals surface area contributed by atoms with Gasteiger partial charge >= 0.3 is 0 Å². The summed E-state index contributed by atoms with van der Waals surface area (Å²) in [6, 6.07) is 8.11. The molecule has 1 aromatic rings. The average Bonchev–Trinajstić information content (AvgIpc) is 2.69. The van der Waals surface area contributed by atoms with Crippen LogP contribution in [0.5, 0.6) is 0 Å². The number of hydrogen-bond donors (Lipinski definition) is 2. The van der Waals surface area contributed by atoms with Crippen LogP contribution in [0, 0.1) is 6.92 Å². The maximum atomic E-state index is 11.9. The third-order valence-corrected chi connectivity index (χ3v) is 3.36. The van der Waals surface area contributed by atoms with Gasteiger partial charge < -0.3 is 15.1 Å². The maximum absolute atomic E-state index is 11.9. The van der Waals surface area contributed by atoms with Crippen LogP contribution in [0.4, 0.5) is 0 Å². The monoisotopic (exact) mass is 249 g/mol. The quantitative estimate of drug-likeness (QED) is 0.819. The number of rotatable bonds is 3. The summed E-state index contributed by atoms with van der Waals surface area (Å²) < 4.78 is 0. The van der Waals surface area contributed by atoms with Crippen LogP contribution in [0.25, 0.3) is 0 Å². The molecule has 1 fully saturated rings. The molecule has 0 bridgehead atoms. The molecule has 1 amide bonds. The molecule has 18 heavy (non-hydrogen) atoms. The van der Waals surface area contributed by atoms with Crippen molar-refractivity contribution in [2.24, 2.45) is 0 Å². The molecular formula is C14H19NO3. The summed E-state index contributed by atoms with van der Waals surface area (Å²) in [6.45, 7) is 2.52. The highest BCUT2D eigenvalue weighted by Gasteiger charge is 2.31. The number of carbonyl (C=O) groups is 1. The number of benzene rings is 1. The zero-order valence-corrected chi connectivity index (χ0v) is 10.5. The lowest BCUT2D eigenvalue weighted by molar-refractivity contribution is -0.130. The predicted molar refractivity (Wildman–Crippen MR) is 68.1 cm³/mol. The van der Waals surface area contributed by atoms with Crippen LogP contribution in [0.1, 0.15) is 17.5 Å². The van der Waals surface area contributed by atoms with Crippen molar-refractivity contribution in [2.75, 3.05) is 13.1 Å². The second kappa shape index (κ2) is 5.50. The zero-order valence-electron chi connectivity index (χ0n) is 10.5. The van der Waals surface area contributed by atoms with Gasteiger partial charge in [-0.1, -0.05) is 29.8 Å². The van der Waals surface area contributed by atoms with E-state index in [4.69, 9.17) is 0 Å². The Hall–Kier alpha value is -1.39. The summed E-state index contributed by atoms with van der Waals surface area (Å²) in [4.78, 5) is 13.4. The normalized spacial score (nSPS) is 23.4. The number of hydrogen-bond acceptors (Lipinski definition) is 3. The Morgan fingerprint density at radius 3 is 2.33 bits per heavy atom. The second-order valence-electron chi connectivity index (χ2n) is 4.92. The topological polar surface area (TPSA) is 60.8 Å². The Balaban J connectivity index is 1.83. The van der Waals surface area contributed by atoms with E-state index in [0.717, 1.165) is 5.56 Å². The van der Waals surface area contributed by atoms with Crippen molar-refractivity contribution in [3.8, 4) is 0 Å². The number of β-amino-alcohol motifs (C(OH)–C–C–N with tert-alkyl or cyclic N) is 2. The number of aryl methyl sites for hydroxylation is 2. The molecule has 0 radical (unpaired) electrons. The van der Waals surface area contributed by atoms with Gasteiger partial charge in [0, 0.05) is 19.5 Å². The highest BCUT2D eigenvalue weighted by molar-refractivity contribution is 5.76. The second-order valence-corrected chi connectivity index (χ2v) is 4.92. The fourth-order valence-corrected chi connectivity index (χ4v) is 2.14. The van der Waals surface area contributed by atoms with Gasteiger partial charge in [-0.3, -0.25) is 4.79 Å². The van der Waals surface area contributed by atoms with Gasteiger partial charge in [-0.2, -0.15) is 0 Å².